The summed E-state index contributed by atoms with van der Waals surface area (Å²) in [6.07, 6.45) is 1.98. The molecular formula is C8H19NO2S2. The van der Waals surface area contributed by atoms with E-state index in [1.165, 1.54) is 4.31 Å². The summed E-state index contributed by atoms with van der Waals surface area (Å²) in [5.74, 6) is 0.836. The van der Waals surface area contributed by atoms with Gasteiger partial charge in [0.25, 0.3) is 0 Å². The van der Waals surface area contributed by atoms with Crippen LogP contribution in [0.15, 0.2) is 0 Å². The summed E-state index contributed by atoms with van der Waals surface area (Å²) in [6.45, 7) is 5.34. The SMILES string of the molecule is CSCC(C)N(C)S(=O)(=O)C(C)C. The van der Waals surface area contributed by atoms with Crippen molar-refractivity contribution in [1.29, 1.82) is 0 Å². The van der Waals surface area contributed by atoms with Crippen LogP contribution < -0.4 is 0 Å². The van der Waals surface area contributed by atoms with Crippen molar-refractivity contribution in [2.24, 2.45) is 0 Å². The van der Waals surface area contributed by atoms with Crippen LogP contribution in [0.3, 0.4) is 0 Å². The highest BCUT2D eigenvalue weighted by atomic mass is 32.2. The molecule has 80 valence electrons. The molecule has 0 amide bonds. The van der Waals surface area contributed by atoms with Crippen LogP contribution in [0.5, 0.6) is 0 Å². The van der Waals surface area contributed by atoms with Gasteiger partial charge in [0.1, 0.15) is 0 Å². The van der Waals surface area contributed by atoms with Gasteiger partial charge in [0.05, 0.1) is 5.25 Å². The van der Waals surface area contributed by atoms with Crippen molar-refractivity contribution in [2.45, 2.75) is 32.1 Å². The van der Waals surface area contributed by atoms with Gasteiger partial charge in [-0.05, 0) is 27.0 Å². The van der Waals surface area contributed by atoms with Gasteiger partial charge in [-0.25, -0.2) is 12.7 Å². The van der Waals surface area contributed by atoms with E-state index < -0.39 is 10.0 Å². The predicted molar refractivity (Wildman–Crippen MR) is 59.7 cm³/mol. The fourth-order valence-electron chi connectivity index (χ4n) is 0.930. The fourth-order valence-corrected chi connectivity index (χ4v) is 2.97. The van der Waals surface area contributed by atoms with Gasteiger partial charge in [0.15, 0.2) is 0 Å². The van der Waals surface area contributed by atoms with E-state index in [0.29, 0.717) is 0 Å². The maximum Gasteiger partial charge on any atom is 0.216 e. The van der Waals surface area contributed by atoms with E-state index in [4.69, 9.17) is 0 Å². The molecule has 0 aromatic carbocycles. The molecule has 0 spiro atoms. The van der Waals surface area contributed by atoms with Crippen LogP contribution in [0.2, 0.25) is 0 Å². The standard InChI is InChI=1S/C8H19NO2S2/c1-7(2)13(10,11)9(4)8(3)6-12-5/h7-8H,6H2,1-5H3. The third-order valence-corrected chi connectivity index (χ3v) is 5.20. The Hall–Kier alpha value is 0.260. The molecule has 0 aliphatic heterocycles. The van der Waals surface area contributed by atoms with Crippen LogP contribution >= 0.6 is 11.8 Å². The van der Waals surface area contributed by atoms with Crippen molar-refractivity contribution < 1.29 is 8.42 Å². The zero-order chi connectivity index (χ0) is 10.6. The van der Waals surface area contributed by atoms with E-state index in [1.54, 1.807) is 32.7 Å². The van der Waals surface area contributed by atoms with Crippen molar-refractivity contribution in [3.8, 4) is 0 Å². The van der Waals surface area contributed by atoms with Gasteiger partial charge in [-0.15, -0.1) is 0 Å². The van der Waals surface area contributed by atoms with Crippen LogP contribution in [-0.2, 0) is 10.0 Å². The minimum Gasteiger partial charge on any atom is -0.212 e. The molecule has 0 bridgehead atoms. The Kier molecular flexibility index (Phi) is 5.32. The quantitative estimate of drug-likeness (QED) is 0.710. The van der Waals surface area contributed by atoms with Crippen molar-refractivity contribution in [3.63, 3.8) is 0 Å². The fraction of sp³-hybridized carbons (Fsp3) is 1.00. The maximum absolute atomic E-state index is 11.7. The lowest BCUT2D eigenvalue weighted by Gasteiger charge is -2.25. The van der Waals surface area contributed by atoms with Gasteiger partial charge in [-0.1, -0.05) is 0 Å². The second kappa shape index (κ2) is 5.22. The minimum atomic E-state index is -3.08. The lowest BCUT2D eigenvalue weighted by Crippen LogP contribution is -2.40. The zero-order valence-corrected chi connectivity index (χ0v) is 10.6. The predicted octanol–water partition coefficient (Wildman–Crippen LogP) is 1.41. The number of hydrogen-bond donors (Lipinski definition) is 0. The van der Waals surface area contributed by atoms with Gasteiger partial charge in [0.2, 0.25) is 10.0 Å². The Morgan fingerprint density at radius 1 is 1.31 bits per heavy atom. The lowest BCUT2D eigenvalue weighted by molar-refractivity contribution is 0.410. The highest BCUT2D eigenvalue weighted by Gasteiger charge is 2.25. The highest BCUT2D eigenvalue weighted by molar-refractivity contribution is 7.98. The van der Waals surface area contributed by atoms with Gasteiger partial charge in [-0.3, -0.25) is 0 Å². The van der Waals surface area contributed by atoms with E-state index in [2.05, 4.69) is 0 Å². The van der Waals surface area contributed by atoms with E-state index in [1.807, 2.05) is 13.2 Å². The normalized spacial score (nSPS) is 15.3. The summed E-state index contributed by atoms with van der Waals surface area (Å²) in [4.78, 5) is 0. The van der Waals surface area contributed by atoms with Crippen molar-refractivity contribution in [3.05, 3.63) is 0 Å². The Morgan fingerprint density at radius 2 is 1.77 bits per heavy atom. The first-order valence-electron chi connectivity index (χ1n) is 4.29. The molecule has 0 saturated carbocycles. The van der Waals surface area contributed by atoms with E-state index >= 15 is 0 Å². The maximum atomic E-state index is 11.7. The van der Waals surface area contributed by atoms with Crippen molar-refractivity contribution in [2.75, 3.05) is 19.1 Å². The second-order valence-corrected chi connectivity index (χ2v) is 6.87. The number of hydrogen-bond acceptors (Lipinski definition) is 3. The smallest absolute Gasteiger partial charge is 0.212 e. The first-order valence-corrected chi connectivity index (χ1v) is 7.19. The molecule has 0 heterocycles. The molecule has 0 N–H and O–H groups in total. The monoisotopic (exact) mass is 225 g/mol. The molecule has 0 aliphatic rings. The topological polar surface area (TPSA) is 37.4 Å². The van der Waals surface area contributed by atoms with Crippen LogP contribution in [0, 0.1) is 0 Å². The summed E-state index contributed by atoms with van der Waals surface area (Å²) in [5, 5.41) is -0.332. The summed E-state index contributed by atoms with van der Waals surface area (Å²) in [7, 11) is -1.43. The van der Waals surface area contributed by atoms with Gasteiger partial charge >= 0.3 is 0 Å². The van der Waals surface area contributed by atoms with Crippen LogP contribution in [0.1, 0.15) is 20.8 Å². The molecule has 0 aromatic heterocycles. The summed E-state index contributed by atoms with van der Waals surface area (Å²) >= 11 is 1.66. The van der Waals surface area contributed by atoms with E-state index in [0.717, 1.165) is 5.75 Å². The van der Waals surface area contributed by atoms with Gasteiger partial charge in [-0.2, -0.15) is 11.8 Å². The molecule has 0 saturated heterocycles. The average molecular weight is 225 g/mol. The third-order valence-electron chi connectivity index (χ3n) is 2.03. The van der Waals surface area contributed by atoms with Crippen molar-refractivity contribution in [1.82, 2.24) is 4.31 Å². The van der Waals surface area contributed by atoms with Crippen molar-refractivity contribution >= 4 is 21.8 Å². The summed E-state index contributed by atoms with van der Waals surface area (Å²) < 4.78 is 24.8. The van der Waals surface area contributed by atoms with Gasteiger partial charge < -0.3 is 0 Å². The highest BCUT2D eigenvalue weighted by Crippen LogP contribution is 2.12. The average Bonchev–Trinajstić information content (AvgIpc) is 2.03. The number of sulfonamides is 1. The first kappa shape index (κ1) is 13.3. The Labute approximate surface area is 85.9 Å². The largest absolute Gasteiger partial charge is 0.216 e. The lowest BCUT2D eigenvalue weighted by atomic mass is 10.4. The molecule has 0 fully saturated rings. The Bertz CT molecular complexity index is 237. The van der Waals surface area contributed by atoms with Crippen LogP contribution in [0.25, 0.3) is 0 Å². The number of thioether (sulfide) groups is 1. The molecule has 0 radical (unpaired) electrons. The Balaban J connectivity index is 4.50. The van der Waals surface area contributed by atoms with E-state index in [9.17, 15) is 8.42 Å². The molecule has 1 unspecified atom stereocenters. The molecule has 13 heavy (non-hydrogen) atoms. The Morgan fingerprint density at radius 3 is 2.08 bits per heavy atom. The summed E-state index contributed by atoms with van der Waals surface area (Å²) in [5.41, 5.74) is 0. The molecule has 1 atom stereocenters. The van der Waals surface area contributed by atoms with Crippen LogP contribution in [-0.4, -0.2) is 43.1 Å². The van der Waals surface area contributed by atoms with Gasteiger partial charge in [0, 0.05) is 18.8 Å². The first-order chi connectivity index (χ1) is 5.84. The summed E-state index contributed by atoms with van der Waals surface area (Å²) in [6, 6.07) is 0.0717. The third kappa shape index (κ3) is 3.48. The zero-order valence-electron chi connectivity index (χ0n) is 8.94. The molecule has 0 rings (SSSR count). The molecule has 0 aromatic rings. The molecular weight excluding hydrogens is 206 g/mol. The van der Waals surface area contributed by atoms with Crippen LogP contribution in [0.4, 0.5) is 0 Å². The number of rotatable bonds is 5. The minimum absolute atomic E-state index is 0.0717. The molecule has 3 nitrogen and oxygen atoms in total. The molecule has 5 heteroatoms. The van der Waals surface area contributed by atoms with E-state index in [-0.39, 0.29) is 11.3 Å². The molecule has 0 aliphatic carbocycles. The second-order valence-electron chi connectivity index (χ2n) is 3.41. The number of nitrogens with zero attached hydrogens (tertiary/aromatic N) is 1.